The third-order valence-corrected chi connectivity index (χ3v) is 1.69. The molecule has 0 aliphatic rings. The zero-order chi connectivity index (χ0) is 10.6. The van der Waals surface area contributed by atoms with Crippen molar-refractivity contribution in [2.45, 2.75) is 0 Å². The second kappa shape index (κ2) is 4.48. The minimum absolute atomic E-state index is 0.00352. The first-order valence-electron chi connectivity index (χ1n) is 3.80. The van der Waals surface area contributed by atoms with E-state index in [2.05, 4.69) is 9.62 Å². The average Bonchev–Trinajstić information content (AvgIpc) is 2.27. The average molecular weight is 198 g/mol. The quantitative estimate of drug-likeness (QED) is 0.451. The van der Waals surface area contributed by atoms with Gasteiger partial charge in [-0.3, -0.25) is 0 Å². The van der Waals surface area contributed by atoms with Gasteiger partial charge in [-0.05, 0) is 12.1 Å². The van der Waals surface area contributed by atoms with Gasteiger partial charge in [0.2, 0.25) is 0 Å². The van der Waals surface area contributed by atoms with Gasteiger partial charge in [0.25, 0.3) is 0 Å². The predicted octanol–water partition coefficient (Wildman–Crippen LogP) is 1.33. The Kier molecular flexibility index (Phi) is 3.30. The molecule has 0 heterocycles. The molecule has 0 fully saturated rings. The van der Waals surface area contributed by atoms with Crippen LogP contribution in [0.3, 0.4) is 0 Å². The molecular formula is C9H10O5. The van der Waals surface area contributed by atoms with E-state index >= 15 is 0 Å². The van der Waals surface area contributed by atoms with Gasteiger partial charge in [-0.1, -0.05) is 0 Å². The van der Waals surface area contributed by atoms with Gasteiger partial charge < -0.3 is 14.4 Å². The molecule has 0 radical (unpaired) electrons. The highest BCUT2D eigenvalue weighted by molar-refractivity contribution is 5.92. The highest BCUT2D eigenvalue weighted by atomic mass is 17.1. The molecule has 1 aromatic rings. The van der Waals surface area contributed by atoms with Crippen molar-refractivity contribution in [3.63, 3.8) is 0 Å². The molecule has 14 heavy (non-hydrogen) atoms. The minimum Gasteiger partial charge on any atom is -0.497 e. The topological polar surface area (TPSA) is 65.0 Å². The molecule has 0 atom stereocenters. The Balaban J connectivity index is 3.11. The maximum atomic E-state index is 11.1. The van der Waals surface area contributed by atoms with Gasteiger partial charge in [0.05, 0.1) is 14.2 Å². The van der Waals surface area contributed by atoms with Gasteiger partial charge in [-0.2, -0.15) is 0 Å². The van der Waals surface area contributed by atoms with Gasteiger partial charge >= 0.3 is 5.97 Å². The summed E-state index contributed by atoms with van der Waals surface area (Å²) in [6, 6.07) is 4.39. The number of ether oxygens (including phenoxy) is 2. The van der Waals surface area contributed by atoms with E-state index in [4.69, 9.17) is 9.99 Å². The fourth-order valence-electron chi connectivity index (χ4n) is 0.984. The Hall–Kier alpha value is -1.75. The van der Waals surface area contributed by atoms with E-state index in [0.29, 0.717) is 5.75 Å². The normalized spacial score (nSPS) is 9.36. The first-order chi connectivity index (χ1) is 6.72. The zero-order valence-electron chi connectivity index (χ0n) is 7.81. The number of benzene rings is 1. The van der Waals surface area contributed by atoms with Gasteiger partial charge in [0.15, 0.2) is 5.75 Å². The lowest BCUT2D eigenvalue weighted by molar-refractivity contribution is -0.138. The molecule has 5 nitrogen and oxygen atoms in total. The van der Waals surface area contributed by atoms with E-state index in [0.717, 1.165) is 0 Å². The van der Waals surface area contributed by atoms with Crippen molar-refractivity contribution in [3.05, 3.63) is 23.8 Å². The third-order valence-electron chi connectivity index (χ3n) is 1.69. The highest BCUT2D eigenvalue weighted by Gasteiger charge is 2.14. The van der Waals surface area contributed by atoms with Crippen LogP contribution < -0.4 is 9.62 Å². The molecule has 1 aromatic carbocycles. The lowest BCUT2D eigenvalue weighted by atomic mass is 10.2. The van der Waals surface area contributed by atoms with E-state index in [1.165, 1.54) is 26.4 Å². The molecule has 0 unspecified atom stereocenters. The van der Waals surface area contributed by atoms with Gasteiger partial charge in [-0.15, -0.1) is 0 Å². The minimum atomic E-state index is -0.586. The first-order valence-corrected chi connectivity index (χ1v) is 3.80. The fourth-order valence-corrected chi connectivity index (χ4v) is 0.984. The Morgan fingerprint density at radius 3 is 2.57 bits per heavy atom. The number of methoxy groups -OCH3 is 2. The van der Waals surface area contributed by atoms with Crippen molar-refractivity contribution in [1.29, 1.82) is 0 Å². The summed E-state index contributed by atoms with van der Waals surface area (Å²) in [6.07, 6.45) is 0. The molecule has 0 aromatic heterocycles. The number of rotatable bonds is 3. The van der Waals surface area contributed by atoms with Crippen LogP contribution in [-0.2, 0) is 4.74 Å². The van der Waals surface area contributed by atoms with Crippen LogP contribution in [0.5, 0.6) is 11.5 Å². The molecule has 0 spiro atoms. The van der Waals surface area contributed by atoms with Crippen molar-refractivity contribution >= 4 is 5.97 Å². The Morgan fingerprint density at radius 1 is 1.36 bits per heavy atom. The zero-order valence-corrected chi connectivity index (χ0v) is 7.81. The summed E-state index contributed by atoms with van der Waals surface area (Å²) < 4.78 is 9.36. The molecule has 0 saturated heterocycles. The summed E-state index contributed by atoms with van der Waals surface area (Å²) in [6.45, 7) is 0. The lowest BCUT2D eigenvalue weighted by Crippen LogP contribution is -2.04. The molecule has 0 aliphatic heterocycles. The molecule has 5 heteroatoms. The molecular weight excluding hydrogens is 188 g/mol. The summed E-state index contributed by atoms with van der Waals surface area (Å²) in [4.78, 5) is 15.2. The van der Waals surface area contributed by atoms with E-state index in [9.17, 15) is 4.79 Å². The molecule has 0 saturated carbocycles. The Morgan fingerprint density at radius 2 is 2.07 bits per heavy atom. The smallest absolute Gasteiger partial charge is 0.341 e. The highest BCUT2D eigenvalue weighted by Crippen LogP contribution is 2.24. The fraction of sp³-hybridized carbons (Fsp3) is 0.222. The summed E-state index contributed by atoms with van der Waals surface area (Å²) in [5, 5.41) is 8.52. The second-order valence-electron chi connectivity index (χ2n) is 2.44. The van der Waals surface area contributed by atoms with Gasteiger partial charge in [0.1, 0.15) is 11.3 Å². The Labute approximate surface area is 80.8 Å². The SMILES string of the molecule is COC(=O)c1ccc(OC)cc1OO. The first kappa shape index (κ1) is 10.3. The van der Waals surface area contributed by atoms with Crippen LogP contribution in [0.15, 0.2) is 18.2 Å². The number of hydrogen-bond donors (Lipinski definition) is 1. The molecule has 0 amide bonds. The number of hydrogen-bond acceptors (Lipinski definition) is 5. The molecule has 0 bridgehead atoms. The number of carbonyl (C=O) groups is 1. The van der Waals surface area contributed by atoms with Crippen LogP contribution in [0, 0.1) is 0 Å². The molecule has 0 aliphatic carbocycles. The third kappa shape index (κ3) is 1.94. The number of carbonyl (C=O) groups excluding carboxylic acids is 1. The summed E-state index contributed by atoms with van der Waals surface area (Å²) in [7, 11) is 2.71. The standard InChI is InChI=1S/C9H10O5/c1-12-6-3-4-7(9(10)13-2)8(5-6)14-11/h3-5,11H,1-2H3. The van der Waals surface area contributed by atoms with E-state index < -0.39 is 5.97 Å². The summed E-state index contributed by atoms with van der Waals surface area (Å²) >= 11 is 0. The molecule has 1 N–H and O–H groups in total. The van der Waals surface area contributed by atoms with Crippen molar-refractivity contribution in [2.75, 3.05) is 14.2 Å². The van der Waals surface area contributed by atoms with Crippen molar-refractivity contribution in [2.24, 2.45) is 0 Å². The van der Waals surface area contributed by atoms with Crippen LogP contribution in [-0.4, -0.2) is 25.4 Å². The number of esters is 1. The van der Waals surface area contributed by atoms with E-state index in [-0.39, 0.29) is 11.3 Å². The van der Waals surface area contributed by atoms with Crippen molar-refractivity contribution in [1.82, 2.24) is 0 Å². The monoisotopic (exact) mass is 198 g/mol. The van der Waals surface area contributed by atoms with Crippen LogP contribution >= 0.6 is 0 Å². The predicted molar refractivity (Wildman–Crippen MR) is 47.6 cm³/mol. The summed E-state index contributed by atoms with van der Waals surface area (Å²) in [5.74, 6) is -0.116. The maximum Gasteiger partial charge on any atom is 0.341 e. The van der Waals surface area contributed by atoms with Crippen LogP contribution in [0.1, 0.15) is 10.4 Å². The van der Waals surface area contributed by atoms with Crippen LogP contribution in [0.4, 0.5) is 0 Å². The van der Waals surface area contributed by atoms with Crippen LogP contribution in [0.25, 0.3) is 0 Å². The van der Waals surface area contributed by atoms with Crippen molar-refractivity contribution < 1.29 is 24.4 Å². The Bertz CT molecular complexity index is 334. The van der Waals surface area contributed by atoms with Gasteiger partial charge in [0, 0.05) is 6.07 Å². The van der Waals surface area contributed by atoms with E-state index in [1.807, 2.05) is 0 Å². The summed E-state index contributed by atoms with van der Waals surface area (Å²) in [5.41, 5.74) is 0.135. The van der Waals surface area contributed by atoms with Crippen LogP contribution in [0.2, 0.25) is 0 Å². The van der Waals surface area contributed by atoms with Gasteiger partial charge in [-0.25, -0.2) is 10.1 Å². The lowest BCUT2D eigenvalue weighted by Gasteiger charge is -2.06. The second-order valence-corrected chi connectivity index (χ2v) is 2.44. The largest absolute Gasteiger partial charge is 0.497 e. The maximum absolute atomic E-state index is 11.1. The van der Waals surface area contributed by atoms with Crippen molar-refractivity contribution in [3.8, 4) is 11.5 Å². The molecule has 1 rings (SSSR count). The molecule has 76 valence electrons. The van der Waals surface area contributed by atoms with E-state index in [1.54, 1.807) is 6.07 Å².